The molecule has 4 nitrogen and oxygen atoms in total. The van der Waals surface area contributed by atoms with E-state index in [-0.39, 0.29) is 17.1 Å². The second kappa shape index (κ2) is 9.20. The Kier molecular flexibility index (Phi) is 6.98. The fourth-order valence-electron chi connectivity index (χ4n) is 1.89. The van der Waals surface area contributed by atoms with E-state index in [1.165, 1.54) is 24.3 Å². The maximum atomic E-state index is 13.5. The second-order valence-electron chi connectivity index (χ2n) is 4.94. The van der Waals surface area contributed by atoms with Gasteiger partial charge in [-0.05, 0) is 29.8 Å². The van der Waals surface area contributed by atoms with E-state index in [9.17, 15) is 14.0 Å². The summed E-state index contributed by atoms with van der Waals surface area (Å²) in [6.45, 7) is -0.241. The van der Waals surface area contributed by atoms with Gasteiger partial charge in [-0.25, -0.2) is 9.18 Å². The van der Waals surface area contributed by atoms with Gasteiger partial charge in [0.1, 0.15) is 5.82 Å². The van der Waals surface area contributed by atoms with Gasteiger partial charge in [-0.15, -0.1) is 0 Å². The van der Waals surface area contributed by atoms with Crippen LogP contribution in [-0.4, -0.2) is 18.5 Å². The topological polar surface area (TPSA) is 55.4 Å². The van der Waals surface area contributed by atoms with Crippen LogP contribution in [0.15, 0.2) is 48.5 Å². The molecule has 7 heteroatoms. The molecule has 130 valence electrons. The lowest BCUT2D eigenvalue weighted by molar-refractivity contribution is -0.143. The van der Waals surface area contributed by atoms with Gasteiger partial charge < -0.3 is 10.1 Å². The Morgan fingerprint density at radius 2 is 1.80 bits per heavy atom. The van der Waals surface area contributed by atoms with Crippen LogP contribution in [0.2, 0.25) is 10.0 Å². The van der Waals surface area contributed by atoms with Gasteiger partial charge in [0, 0.05) is 23.2 Å². The van der Waals surface area contributed by atoms with Gasteiger partial charge >= 0.3 is 5.97 Å². The quantitative estimate of drug-likeness (QED) is 0.607. The van der Waals surface area contributed by atoms with Crippen LogP contribution in [0, 0.1) is 5.82 Å². The van der Waals surface area contributed by atoms with E-state index < -0.39 is 24.3 Å². The van der Waals surface area contributed by atoms with Crippen molar-refractivity contribution in [1.29, 1.82) is 0 Å². The highest BCUT2D eigenvalue weighted by Crippen LogP contribution is 2.20. The van der Waals surface area contributed by atoms with E-state index in [4.69, 9.17) is 27.9 Å². The Balaban J connectivity index is 1.80. The summed E-state index contributed by atoms with van der Waals surface area (Å²) in [6, 6.07) is 11.2. The third kappa shape index (κ3) is 5.89. The normalized spacial score (nSPS) is 10.7. The van der Waals surface area contributed by atoms with Gasteiger partial charge in [-0.2, -0.15) is 0 Å². The molecule has 0 heterocycles. The summed E-state index contributed by atoms with van der Waals surface area (Å²) >= 11 is 11.8. The number of carbonyl (C=O) groups excluding carboxylic acids is 2. The van der Waals surface area contributed by atoms with Crippen molar-refractivity contribution in [3.05, 3.63) is 75.5 Å². The summed E-state index contributed by atoms with van der Waals surface area (Å²) in [5, 5.41) is 3.28. The van der Waals surface area contributed by atoms with Gasteiger partial charge in [0.15, 0.2) is 6.61 Å². The van der Waals surface area contributed by atoms with Gasteiger partial charge in [-0.1, -0.05) is 47.5 Å². The van der Waals surface area contributed by atoms with Crippen molar-refractivity contribution in [2.24, 2.45) is 0 Å². The van der Waals surface area contributed by atoms with E-state index in [0.717, 1.165) is 11.6 Å². The Bertz CT molecular complexity index is 788. The van der Waals surface area contributed by atoms with Crippen LogP contribution in [0.4, 0.5) is 4.39 Å². The first-order chi connectivity index (χ1) is 12.0. The molecule has 0 radical (unpaired) electrons. The standard InChI is InChI=1S/C18H14Cl2FNO3/c19-14-5-2-1-4-12(14)10-22-17(23)11-25-18(24)9-8-13-15(20)6-3-7-16(13)21/h1-9H,10-11H2,(H,22,23)/b9-8+. The maximum Gasteiger partial charge on any atom is 0.331 e. The lowest BCUT2D eigenvalue weighted by atomic mass is 10.2. The molecule has 0 fully saturated rings. The summed E-state index contributed by atoms with van der Waals surface area (Å²) in [5.74, 6) is -1.83. The van der Waals surface area contributed by atoms with E-state index in [1.807, 2.05) is 0 Å². The Morgan fingerprint density at radius 1 is 1.08 bits per heavy atom. The number of rotatable bonds is 6. The highest BCUT2D eigenvalue weighted by molar-refractivity contribution is 6.32. The molecule has 25 heavy (non-hydrogen) atoms. The summed E-state index contributed by atoms with van der Waals surface area (Å²) in [4.78, 5) is 23.3. The van der Waals surface area contributed by atoms with Crippen molar-refractivity contribution in [3.63, 3.8) is 0 Å². The van der Waals surface area contributed by atoms with Crippen LogP contribution in [0.3, 0.4) is 0 Å². The molecular formula is C18H14Cl2FNO3. The number of hydrogen-bond acceptors (Lipinski definition) is 3. The second-order valence-corrected chi connectivity index (χ2v) is 5.76. The van der Waals surface area contributed by atoms with E-state index in [2.05, 4.69) is 5.32 Å². The molecule has 0 aliphatic rings. The minimum Gasteiger partial charge on any atom is -0.452 e. The number of hydrogen-bond donors (Lipinski definition) is 1. The van der Waals surface area contributed by atoms with Crippen LogP contribution in [-0.2, 0) is 20.9 Å². The van der Waals surface area contributed by atoms with Gasteiger partial charge in [0.2, 0.25) is 0 Å². The Labute approximate surface area is 154 Å². The number of halogens is 3. The van der Waals surface area contributed by atoms with Crippen molar-refractivity contribution in [2.75, 3.05) is 6.61 Å². The number of esters is 1. The van der Waals surface area contributed by atoms with Crippen LogP contribution in [0.1, 0.15) is 11.1 Å². The number of nitrogens with one attached hydrogen (secondary N) is 1. The first-order valence-electron chi connectivity index (χ1n) is 7.26. The molecule has 2 aromatic rings. The SMILES string of the molecule is O=C(COC(=O)/C=C/c1c(F)cccc1Cl)NCc1ccccc1Cl. The zero-order valence-electron chi connectivity index (χ0n) is 13.0. The molecular weight excluding hydrogens is 368 g/mol. The van der Waals surface area contributed by atoms with Gasteiger partial charge in [0.25, 0.3) is 5.91 Å². The fourth-order valence-corrected chi connectivity index (χ4v) is 2.32. The lowest BCUT2D eigenvalue weighted by Gasteiger charge is -2.07. The maximum absolute atomic E-state index is 13.5. The molecule has 0 bridgehead atoms. The average molecular weight is 382 g/mol. The smallest absolute Gasteiger partial charge is 0.331 e. The summed E-state index contributed by atoms with van der Waals surface area (Å²) < 4.78 is 18.3. The Morgan fingerprint density at radius 3 is 2.52 bits per heavy atom. The minimum absolute atomic E-state index is 0.0734. The average Bonchev–Trinajstić information content (AvgIpc) is 2.59. The van der Waals surface area contributed by atoms with Crippen LogP contribution in [0.25, 0.3) is 6.08 Å². The molecule has 0 spiro atoms. The van der Waals surface area contributed by atoms with E-state index in [1.54, 1.807) is 24.3 Å². The van der Waals surface area contributed by atoms with Crippen molar-refractivity contribution in [2.45, 2.75) is 6.54 Å². The zero-order chi connectivity index (χ0) is 18.2. The molecule has 0 aromatic heterocycles. The molecule has 0 atom stereocenters. The first kappa shape index (κ1) is 19.0. The van der Waals surface area contributed by atoms with E-state index >= 15 is 0 Å². The molecule has 1 N–H and O–H groups in total. The minimum atomic E-state index is -0.785. The largest absolute Gasteiger partial charge is 0.452 e. The third-order valence-corrected chi connectivity index (χ3v) is 3.86. The number of ether oxygens (including phenoxy) is 1. The highest BCUT2D eigenvalue weighted by atomic mass is 35.5. The molecule has 0 saturated carbocycles. The molecule has 2 aromatic carbocycles. The molecule has 0 saturated heterocycles. The predicted octanol–water partition coefficient (Wildman–Crippen LogP) is 4.01. The number of amides is 1. The monoisotopic (exact) mass is 381 g/mol. The van der Waals surface area contributed by atoms with Gasteiger partial charge in [0.05, 0.1) is 5.02 Å². The predicted molar refractivity (Wildman–Crippen MR) is 94.7 cm³/mol. The first-order valence-corrected chi connectivity index (χ1v) is 8.02. The van der Waals surface area contributed by atoms with Crippen molar-refractivity contribution < 1.29 is 18.7 Å². The molecule has 1 amide bonds. The molecule has 0 unspecified atom stereocenters. The number of benzene rings is 2. The third-order valence-electron chi connectivity index (χ3n) is 3.17. The summed E-state index contributed by atoms with van der Waals surface area (Å²) in [6.07, 6.45) is 2.20. The summed E-state index contributed by atoms with van der Waals surface area (Å²) in [7, 11) is 0. The van der Waals surface area contributed by atoms with E-state index in [0.29, 0.717) is 5.02 Å². The number of carbonyl (C=O) groups is 2. The van der Waals surface area contributed by atoms with Crippen molar-refractivity contribution in [3.8, 4) is 0 Å². The zero-order valence-corrected chi connectivity index (χ0v) is 14.5. The fraction of sp³-hybridized carbons (Fsp3) is 0.111. The van der Waals surface area contributed by atoms with Crippen LogP contribution < -0.4 is 5.32 Å². The van der Waals surface area contributed by atoms with Crippen molar-refractivity contribution in [1.82, 2.24) is 5.32 Å². The van der Waals surface area contributed by atoms with Gasteiger partial charge in [-0.3, -0.25) is 4.79 Å². The van der Waals surface area contributed by atoms with Crippen LogP contribution >= 0.6 is 23.2 Å². The molecule has 0 aliphatic heterocycles. The molecule has 2 rings (SSSR count). The summed E-state index contributed by atoms with van der Waals surface area (Å²) in [5.41, 5.74) is 0.822. The highest BCUT2D eigenvalue weighted by Gasteiger charge is 2.08. The van der Waals surface area contributed by atoms with Crippen molar-refractivity contribution >= 4 is 41.2 Å². The lowest BCUT2D eigenvalue weighted by Crippen LogP contribution is -2.28. The molecule has 0 aliphatic carbocycles. The van der Waals surface area contributed by atoms with Crippen LogP contribution in [0.5, 0.6) is 0 Å². The Hall–Kier alpha value is -2.37.